The van der Waals surface area contributed by atoms with E-state index in [1.807, 2.05) is 6.07 Å². The molecule has 0 amide bonds. The van der Waals surface area contributed by atoms with Crippen molar-refractivity contribution in [2.75, 3.05) is 0 Å². The molecule has 3 aromatic rings. The van der Waals surface area contributed by atoms with Crippen LogP contribution < -0.4 is 4.74 Å². The van der Waals surface area contributed by atoms with E-state index in [-0.39, 0.29) is 24.6 Å². The molecule has 2 saturated carbocycles. The van der Waals surface area contributed by atoms with E-state index in [0.717, 1.165) is 31.2 Å². The first-order valence-corrected chi connectivity index (χ1v) is 13.7. The van der Waals surface area contributed by atoms with E-state index in [2.05, 4.69) is 35.9 Å². The lowest BCUT2D eigenvalue weighted by Gasteiger charge is -2.34. The zero-order chi connectivity index (χ0) is 27.7. The SMILES string of the molecule is Cc1ccc(C2CCC(c3ccc(C4CCC(C(F)(F)Oc5cc(F)c(F)c(F)c5)CC4)c(F)c3)CC2)cc1. The van der Waals surface area contributed by atoms with Gasteiger partial charge in [-0.05, 0) is 98.8 Å². The molecule has 0 radical (unpaired) electrons. The van der Waals surface area contributed by atoms with Gasteiger partial charge in [0.1, 0.15) is 11.6 Å². The van der Waals surface area contributed by atoms with Crippen LogP contribution in [0.2, 0.25) is 0 Å². The normalized spacial score (nSPS) is 24.0. The van der Waals surface area contributed by atoms with E-state index in [1.165, 1.54) is 11.1 Å². The molecule has 0 saturated heterocycles. The largest absolute Gasteiger partial charge is 0.432 e. The summed E-state index contributed by atoms with van der Waals surface area (Å²) in [7, 11) is 0. The molecule has 7 heteroatoms. The minimum Gasteiger partial charge on any atom is -0.432 e. The third-order valence-electron chi connectivity index (χ3n) is 8.63. The Bertz CT molecular complexity index is 1270. The topological polar surface area (TPSA) is 9.23 Å². The molecule has 0 aliphatic heterocycles. The van der Waals surface area contributed by atoms with E-state index in [9.17, 15) is 22.0 Å². The number of benzene rings is 3. The van der Waals surface area contributed by atoms with Gasteiger partial charge in [-0.3, -0.25) is 0 Å². The van der Waals surface area contributed by atoms with Crippen molar-refractivity contribution in [3.8, 4) is 5.75 Å². The second-order valence-corrected chi connectivity index (χ2v) is 11.2. The Morgan fingerprint density at radius 3 is 1.69 bits per heavy atom. The summed E-state index contributed by atoms with van der Waals surface area (Å²) in [6, 6.07) is 14.9. The summed E-state index contributed by atoms with van der Waals surface area (Å²) in [5, 5.41) is 0. The van der Waals surface area contributed by atoms with Crippen LogP contribution in [0.5, 0.6) is 5.75 Å². The maximum atomic E-state index is 15.2. The molecule has 3 aromatic carbocycles. The Balaban J connectivity index is 1.17. The van der Waals surface area contributed by atoms with Crippen molar-refractivity contribution < 1.29 is 31.1 Å². The van der Waals surface area contributed by atoms with Crippen molar-refractivity contribution in [2.24, 2.45) is 5.92 Å². The second-order valence-electron chi connectivity index (χ2n) is 11.2. The number of alkyl halides is 2. The van der Waals surface area contributed by atoms with Crippen LogP contribution in [0, 0.1) is 36.1 Å². The highest BCUT2D eigenvalue weighted by molar-refractivity contribution is 5.31. The lowest BCUT2D eigenvalue weighted by molar-refractivity contribution is -0.222. The number of hydrogen-bond donors (Lipinski definition) is 0. The van der Waals surface area contributed by atoms with Crippen LogP contribution in [0.3, 0.4) is 0 Å². The van der Waals surface area contributed by atoms with E-state index in [0.29, 0.717) is 42.4 Å². The van der Waals surface area contributed by atoms with Crippen LogP contribution in [0.25, 0.3) is 0 Å². The van der Waals surface area contributed by atoms with Crippen LogP contribution in [-0.4, -0.2) is 6.11 Å². The molecule has 0 aromatic heterocycles. The highest BCUT2D eigenvalue weighted by Crippen LogP contribution is 2.45. The first-order chi connectivity index (χ1) is 18.6. The molecule has 0 atom stereocenters. The Morgan fingerprint density at radius 1 is 0.615 bits per heavy atom. The van der Waals surface area contributed by atoms with Gasteiger partial charge in [0.15, 0.2) is 17.5 Å². The Morgan fingerprint density at radius 2 is 1.13 bits per heavy atom. The number of rotatable bonds is 6. The molecule has 0 unspecified atom stereocenters. The first kappa shape index (κ1) is 27.6. The van der Waals surface area contributed by atoms with E-state index in [4.69, 9.17) is 0 Å². The Hall–Kier alpha value is -2.96. The van der Waals surface area contributed by atoms with E-state index < -0.39 is 35.2 Å². The molecule has 0 spiro atoms. The maximum absolute atomic E-state index is 15.2. The predicted molar refractivity (Wildman–Crippen MR) is 138 cm³/mol. The predicted octanol–water partition coefficient (Wildman–Crippen LogP) is 9.94. The van der Waals surface area contributed by atoms with Gasteiger partial charge >= 0.3 is 6.11 Å². The maximum Gasteiger partial charge on any atom is 0.400 e. The van der Waals surface area contributed by atoms with Gasteiger partial charge in [-0.25, -0.2) is 17.6 Å². The molecule has 2 fully saturated rings. The van der Waals surface area contributed by atoms with E-state index >= 15 is 4.39 Å². The third-order valence-corrected chi connectivity index (χ3v) is 8.63. The zero-order valence-electron chi connectivity index (χ0n) is 21.8. The average Bonchev–Trinajstić information content (AvgIpc) is 2.92. The summed E-state index contributed by atoms with van der Waals surface area (Å²) in [4.78, 5) is 0. The lowest BCUT2D eigenvalue weighted by Crippen LogP contribution is -2.37. The van der Waals surface area contributed by atoms with Crippen LogP contribution in [-0.2, 0) is 0 Å². The highest BCUT2D eigenvalue weighted by atomic mass is 19.3. The fraction of sp³-hybridized carbons (Fsp3) is 0.438. The first-order valence-electron chi connectivity index (χ1n) is 13.7. The van der Waals surface area contributed by atoms with Gasteiger partial charge in [0, 0.05) is 12.1 Å². The number of hydrogen-bond acceptors (Lipinski definition) is 1. The monoisotopic (exact) mass is 546 g/mol. The van der Waals surface area contributed by atoms with Gasteiger partial charge in [0.2, 0.25) is 0 Å². The van der Waals surface area contributed by atoms with Crippen LogP contribution in [0.1, 0.15) is 91.4 Å². The van der Waals surface area contributed by atoms with Gasteiger partial charge in [-0.2, -0.15) is 8.78 Å². The van der Waals surface area contributed by atoms with Crippen molar-refractivity contribution in [3.05, 3.63) is 100 Å². The Labute approximate surface area is 225 Å². The molecular weight excluding hydrogens is 514 g/mol. The van der Waals surface area contributed by atoms with Crippen LogP contribution >= 0.6 is 0 Å². The van der Waals surface area contributed by atoms with Crippen molar-refractivity contribution in [2.45, 2.75) is 82.2 Å². The molecule has 2 aliphatic rings. The van der Waals surface area contributed by atoms with Crippen molar-refractivity contribution in [1.82, 2.24) is 0 Å². The summed E-state index contributed by atoms with van der Waals surface area (Å²) < 4.78 is 89.2. The van der Waals surface area contributed by atoms with Crippen molar-refractivity contribution in [1.29, 1.82) is 0 Å². The number of ether oxygens (including phenoxy) is 1. The van der Waals surface area contributed by atoms with Crippen LogP contribution in [0.4, 0.5) is 26.3 Å². The smallest absolute Gasteiger partial charge is 0.400 e. The molecule has 0 N–H and O–H groups in total. The molecule has 5 rings (SSSR count). The Kier molecular flexibility index (Phi) is 7.97. The van der Waals surface area contributed by atoms with Gasteiger partial charge in [-0.15, -0.1) is 0 Å². The van der Waals surface area contributed by atoms with Crippen molar-refractivity contribution >= 4 is 0 Å². The second kappa shape index (κ2) is 11.3. The molecule has 2 aliphatic carbocycles. The molecule has 1 nitrogen and oxygen atoms in total. The summed E-state index contributed by atoms with van der Waals surface area (Å²) in [5.74, 6) is -6.54. The van der Waals surface area contributed by atoms with Gasteiger partial charge in [0.25, 0.3) is 0 Å². The summed E-state index contributed by atoms with van der Waals surface area (Å²) >= 11 is 0. The third kappa shape index (κ3) is 6.12. The lowest BCUT2D eigenvalue weighted by atomic mass is 9.75. The average molecular weight is 547 g/mol. The summed E-state index contributed by atoms with van der Waals surface area (Å²) in [6.45, 7) is 2.08. The fourth-order valence-electron chi connectivity index (χ4n) is 6.30. The van der Waals surface area contributed by atoms with Gasteiger partial charge in [0.05, 0.1) is 5.92 Å². The number of aryl methyl sites for hydroxylation is 1. The quantitative estimate of drug-likeness (QED) is 0.221. The molecule has 39 heavy (non-hydrogen) atoms. The highest BCUT2D eigenvalue weighted by Gasteiger charge is 2.44. The number of halogens is 6. The van der Waals surface area contributed by atoms with Gasteiger partial charge < -0.3 is 4.74 Å². The fourth-order valence-corrected chi connectivity index (χ4v) is 6.30. The van der Waals surface area contributed by atoms with Crippen molar-refractivity contribution in [3.63, 3.8) is 0 Å². The molecule has 208 valence electrons. The molecule has 0 bridgehead atoms. The van der Waals surface area contributed by atoms with Crippen LogP contribution in [0.15, 0.2) is 54.6 Å². The zero-order valence-corrected chi connectivity index (χ0v) is 21.8. The van der Waals surface area contributed by atoms with Gasteiger partial charge in [-0.1, -0.05) is 42.0 Å². The summed E-state index contributed by atoms with van der Waals surface area (Å²) in [6.07, 6.45) is 1.24. The molecule has 0 heterocycles. The van der Waals surface area contributed by atoms with E-state index in [1.54, 1.807) is 12.1 Å². The minimum absolute atomic E-state index is 0.0635. The molecular formula is C32H32F6O. The minimum atomic E-state index is -3.69. The standard InChI is InChI=1S/C32H32F6O/c1-19-2-4-20(5-3-19)21-6-8-22(9-7-21)24-12-15-27(28(33)16-24)23-10-13-25(14-11-23)32(37,38)39-26-17-29(34)31(36)30(35)18-26/h2-5,12,15-18,21-23,25H,6-11,13-14H2,1H3. The summed E-state index contributed by atoms with van der Waals surface area (Å²) in [5.41, 5.74) is 4.14.